The fourth-order valence-corrected chi connectivity index (χ4v) is 3.70. The van der Waals surface area contributed by atoms with E-state index in [0.29, 0.717) is 0 Å². The fraction of sp³-hybridized carbons (Fsp3) is 1.00. The Morgan fingerprint density at radius 2 is 1.75 bits per heavy atom. The molecule has 0 aliphatic heterocycles. The molecule has 0 saturated heterocycles. The molecule has 16 heavy (non-hydrogen) atoms. The minimum atomic E-state index is 0.819. The Labute approximate surface area is 101 Å². The van der Waals surface area contributed by atoms with Crippen LogP contribution in [0, 0.1) is 17.8 Å². The van der Waals surface area contributed by atoms with E-state index in [1.165, 1.54) is 57.8 Å². The molecule has 0 aromatic rings. The summed E-state index contributed by atoms with van der Waals surface area (Å²) < 4.78 is 0. The molecule has 0 aromatic heterocycles. The second-order valence-electron chi connectivity index (χ2n) is 6.13. The molecule has 1 N–H and O–H groups in total. The lowest BCUT2D eigenvalue weighted by molar-refractivity contribution is 0.170. The van der Waals surface area contributed by atoms with E-state index in [9.17, 15) is 0 Å². The van der Waals surface area contributed by atoms with Crippen LogP contribution in [0.1, 0.15) is 64.7 Å². The van der Waals surface area contributed by atoms with Gasteiger partial charge in [-0.25, -0.2) is 0 Å². The van der Waals surface area contributed by atoms with Crippen LogP contribution in [-0.2, 0) is 0 Å². The monoisotopic (exact) mass is 223 g/mol. The van der Waals surface area contributed by atoms with Crippen molar-refractivity contribution in [2.75, 3.05) is 7.05 Å². The highest BCUT2D eigenvalue weighted by molar-refractivity contribution is 4.85. The molecule has 0 amide bonds. The minimum absolute atomic E-state index is 0.819. The standard InChI is InChI=1S/C15H29N/c1-3-12-6-5-9-14(10-12)15(16-2)11-13-7-4-8-13/h12-16H,3-11H2,1-2H3. The third kappa shape index (κ3) is 3.00. The summed E-state index contributed by atoms with van der Waals surface area (Å²) in [5, 5.41) is 3.62. The Balaban J connectivity index is 1.81. The van der Waals surface area contributed by atoms with E-state index in [2.05, 4.69) is 19.3 Å². The smallest absolute Gasteiger partial charge is 0.00950 e. The highest BCUT2D eigenvalue weighted by Gasteiger charge is 2.30. The van der Waals surface area contributed by atoms with Crippen LogP contribution in [0.25, 0.3) is 0 Å². The van der Waals surface area contributed by atoms with E-state index < -0.39 is 0 Å². The molecule has 94 valence electrons. The van der Waals surface area contributed by atoms with Crippen LogP contribution >= 0.6 is 0 Å². The molecule has 2 saturated carbocycles. The van der Waals surface area contributed by atoms with Crippen molar-refractivity contribution in [3.63, 3.8) is 0 Å². The van der Waals surface area contributed by atoms with Crippen molar-refractivity contribution in [3.05, 3.63) is 0 Å². The Bertz CT molecular complexity index is 196. The molecular formula is C15H29N. The Kier molecular flexibility index (Phi) is 4.69. The number of rotatable bonds is 5. The summed E-state index contributed by atoms with van der Waals surface area (Å²) in [7, 11) is 2.18. The van der Waals surface area contributed by atoms with E-state index in [0.717, 1.165) is 23.8 Å². The van der Waals surface area contributed by atoms with E-state index in [-0.39, 0.29) is 0 Å². The maximum absolute atomic E-state index is 3.62. The zero-order valence-corrected chi connectivity index (χ0v) is 11.2. The molecule has 2 fully saturated rings. The molecule has 2 aliphatic rings. The van der Waals surface area contributed by atoms with Crippen LogP contribution in [0.4, 0.5) is 0 Å². The summed E-state index contributed by atoms with van der Waals surface area (Å²) in [6.45, 7) is 2.37. The molecule has 2 rings (SSSR count). The zero-order valence-electron chi connectivity index (χ0n) is 11.2. The van der Waals surface area contributed by atoms with Crippen molar-refractivity contribution in [3.8, 4) is 0 Å². The number of nitrogens with one attached hydrogen (secondary N) is 1. The second kappa shape index (κ2) is 6.05. The summed E-state index contributed by atoms with van der Waals surface area (Å²) in [4.78, 5) is 0. The first kappa shape index (κ1) is 12.4. The van der Waals surface area contributed by atoms with Crippen molar-refractivity contribution in [2.45, 2.75) is 70.8 Å². The van der Waals surface area contributed by atoms with Crippen LogP contribution in [-0.4, -0.2) is 13.1 Å². The first-order chi connectivity index (χ1) is 7.83. The Hall–Kier alpha value is -0.0400. The summed E-state index contributed by atoms with van der Waals surface area (Å²) in [6.07, 6.45) is 13.3. The normalized spacial score (nSPS) is 33.4. The van der Waals surface area contributed by atoms with Crippen LogP contribution in [0.15, 0.2) is 0 Å². The number of hydrogen-bond donors (Lipinski definition) is 1. The molecular weight excluding hydrogens is 194 g/mol. The molecule has 0 bridgehead atoms. The average Bonchev–Trinajstić information content (AvgIpc) is 2.28. The summed E-state index contributed by atoms with van der Waals surface area (Å²) >= 11 is 0. The summed E-state index contributed by atoms with van der Waals surface area (Å²) in [5.41, 5.74) is 0. The molecule has 2 aliphatic carbocycles. The van der Waals surface area contributed by atoms with Gasteiger partial charge in [0, 0.05) is 6.04 Å². The largest absolute Gasteiger partial charge is 0.317 e. The van der Waals surface area contributed by atoms with Crippen molar-refractivity contribution < 1.29 is 0 Å². The molecule has 1 heteroatoms. The molecule has 3 unspecified atom stereocenters. The maximum atomic E-state index is 3.62. The van der Waals surface area contributed by atoms with Gasteiger partial charge in [0.05, 0.1) is 0 Å². The molecule has 0 heterocycles. The predicted molar refractivity (Wildman–Crippen MR) is 70.5 cm³/mol. The molecule has 0 radical (unpaired) electrons. The second-order valence-corrected chi connectivity index (χ2v) is 6.13. The van der Waals surface area contributed by atoms with Gasteiger partial charge in [0.25, 0.3) is 0 Å². The van der Waals surface area contributed by atoms with E-state index in [1.54, 1.807) is 0 Å². The van der Waals surface area contributed by atoms with Crippen molar-refractivity contribution in [1.82, 2.24) is 5.32 Å². The molecule has 0 aromatic carbocycles. The average molecular weight is 223 g/mol. The van der Waals surface area contributed by atoms with Crippen molar-refractivity contribution in [2.24, 2.45) is 17.8 Å². The van der Waals surface area contributed by atoms with E-state index in [1.807, 2.05) is 0 Å². The van der Waals surface area contributed by atoms with Crippen molar-refractivity contribution in [1.29, 1.82) is 0 Å². The van der Waals surface area contributed by atoms with E-state index in [4.69, 9.17) is 0 Å². The quantitative estimate of drug-likeness (QED) is 0.743. The number of hydrogen-bond acceptors (Lipinski definition) is 1. The van der Waals surface area contributed by atoms with Crippen LogP contribution < -0.4 is 5.32 Å². The van der Waals surface area contributed by atoms with Gasteiger partial charge in [-0.1, -0.05) is 45.4 Å². The molecule has 1 nitrogen and oxygen atoms in total. The minimum Gasteiger partial charge on any atom is -0.317 e. The Morgan fingerprint density at radius 3 is 2.31 bits per heavy atom. The van der Waals surface area contributed by atoms with Gasteiger partial charge in [-0.15, -0.1) is 0 Å². The van der Waals surface area contributed by atoms with E-state index >= 15 is 0 Å². The van der Waals surface area contributed by atoms with Gasteiger partial charge in [0.15, 0.2) is 0 Å². The van der Waals surface area contributed by atoms with Gasteiger partial charge in [0.1, 0.15) is 0 Å². The summed E-state index contributed by atoms with van der Waals surface area (Å²) in [6, 6.07) is 0.819. The zero-order chi connectivity index (χ0) is 11.4. The third-order valence-corrected chi connectivity index (χ3v) is 5.15. The van der Waals surface area contributed by atoms with Crippen LogP contribution in [0.5, 0.6) is 0 Å². The van der Waals surface area contributed by atoms with Gasteiger partial charge >= 0.3 is 0 Å². The first-order valence-corrected chi connectivity index (χ1v) is 7.50. The highest BCUT2D eigenvalue weighted by Crippen LogP contribution is 2.37. The highest BCUT2D eigenvalue weighted by atomic mass is 14.9. The topological polar surface area (TPSA) is 12.0 Å². The Morgan fingerprint density at radius 1 is 1.06 bits per heavy atom. The van der Waals surface area contributed by atoms with Crippen molar-refractivity contribution >= 4 is 0 Å². The molecule has 0 spiro atoms. The fourth-order valence-electron chi connectivity index (χ4n) is 3.70. The van der Waals surface area contributed by atoms with Gasteiger partial charge in [-0.2, -0.15) is 0 Å². The SMILES string of the molecule is CCC1CCCC(C(CC2CCC2)NC)C1. The lowest BCUT2D eigenvalue weighted by Crippen LogP contribution is -2.39. The lowest BCUT2D eigenvalue weighted by Gasteiger charge is -2.37. The van der Waals surface area contributed by atoms with Crippen LogP contribution in [0.3, 0.4) is 0 Å². The molecule has 3 atom stereocenters. The first-order valence-electron chi connectivity index (χ1n) is 7.50. The van der Waals surface area contributed by atoms with Gasteiger partial charge in [-0.3, -0.25) is 0 Å². The maximum Gasteiger partial charge on any atom is 0.00950 e. The predicted octanol–water partition coefficient (Wildman–Crippen LogP) is 3.98. The third-order valence-electron chi connectivity index (χ3n) is 5.15. The van der Waals surface area contributed by atoms with Crippen LogP contribution in [0.2, 0.25) is 0 Å². The van der Waals surface area contributed by atoms with Gasteiger partial charge < -0.3 is 5.32 Å². The summed E-state index contributed by atoms with van der Waals surface area (Å²) in [5.74, 6) is 3.06. The van der Waals surface area contributed by atoms with Gasteiger partial charge in [0.2, 0.25) is 0 Å². The van der Waals surface area contributed by atoms with Gasteiger partial charge in [-0.05, 0) is 44.1 Å². The lowest BCUT2D eigenvalue weighted by atomic mass is 9.72.